The summed E-state index contributed by atoms with van der Waals surface area (Å²) in [5.74, 6) is -0.201. The van der Waals surface area contributed by atoms with Gasteiger partial charge in [0.15, 0.2) is 0 Å². The Hall–Kier alpha value is -3.14. The summed E-state index contributed by atoms with van der Waals surface area (Å²) in [6.07, 6.45) is 2.14. The summed E-state index contributed by atoms with van der Waals surface area (Å²) < 4.78 is 7.71. The molecule has 4 aromatic rings. The van der Waals surface area contributed by atoms with Gasteiger partial charge in [-0.2, -0.15) is 0 Å². The molecule has 0 saturated heterocycles. The number of nitrogens with zero attached hydrogens (tertiary/aromatic N) is 2. The number of rotatable bonds is 4. The highest BCUT2D eigenvalue weighted by atomic mass is 16.6. The first-order chi connectivity index (χ1) is 14.2. The molecule has 0 atom stereocenters. The van der Waals surface area contributed by atoms with Crippen LogP contribution in [0, 0.1) is 13.8 Å². The highest BCUT2D eigenvalue weighted by molar-refractivity contribution is 6.08. The van der Waals surface area contributed by atoms with Crippen LogP contribution in [0.15, 0.2) is 54.7 Å². The molecule has 0 aliphatic carbocycles. The molecule has 2 aromatic carbocycles. The van der Waals surface area contributed by atoms with E-state index in [1.165, 1.54) is 33.0 Å². The summed E-state index contributed by atoms with van der Waals surface area (Å²) in [5.41, 5.74) is 6.40. The lowest BCUT2D eigenvalue weighted by Gasteiger charge is -2.19. The van der Waals surface area contributed by atoms with Gasteiger partial charge in [0.25, 0.3) is 0 Å². The second-order valence-corrected chi connectivity index (χ2v) is 9.02. The van der Waals surface area contributed by atoms with Crippen LogP contribution in [0.1, 0.15) is 43.0 Å². The number of benzene rings is 2. The van der Waals surface area contributed by atoms with Crippen molar-refractivity contribution in [2.24, 2.45) is 0 Å². The first-order valence-corrected chi connectivity index (χ1v) is 10.3. The van der Waals surface area contributed by atoms with Crippen LogP contribution in [0.5, 0.6) is 0 Å². The minimum absolute atomic E-state index is 0.201. The average Bonchev–Trinajstić information content (AvgIpc) is 2.95. The van der Waals surface area contributed by atoms with Crippen molar-refractivity contribution in [3.63, 3.8) is 0 Å². The third-order valence-electron chi connectivity index (χ3n) is 5.19. The number of ether oxygens (including phenoxy) is 1. The fourth-order valence-corrected chi connectivity index (χ4v) is 4.08. The van der Waals surface area contributed by atoms with Crippen molar-refractivity contribution >= 4 is 27.9 Å². The van der Waals surface area contributed by atoms with Crippen LogP contribution < -0.4 is 0 Å². The molecule has 4 nitrogen and oxygen atoms in total. The SMILES string of the molecule is Cc1cc(C)c2c3cccnc3n(Cc3ccc(CC(=O)OC(C)(C)C)cc3)c2c1. The minimum Gasteiger partial charge on any atom is -0.460 e. The molecule has 0 aliphatic heterocycles. The van der Waals surface area contributed by atoms with E-state index in [4.69, 9.17) is 4.74 Å². The summed E-state index contributed by atoms with van der Waals surface area (Å²) in [6, 6.07) is 16.8. The van der Waals surface area contributed by atoms with Crippen LogP contribution in [0.3, 0.4) is 0 Å². The number of hydrogen-bond acceptors (Lipinski definition) is 3. The minimum atomic E-state index is -0.461. The Bertz CT molecular complexity index is 1230. The predicted molar refractivity (Wildman–Crippen MR) is 122 cm³/mol. The number of carbonyl (C=O) groups is 1. The molecule has 0 saturated carbocycles. The quantitative estimate of drug-likeness (QED) is 0.410. The zero-order chi connectivity index (χ0) is 21.5. The van der Waals surface area contributed by atoms with Gasteiger partial charge < -0.3 is 9.30 Å². The zero-order valence-corrected chi connectivity index (χ0v) is 18.3. The lowest BCUT2D eigenvalue weighted by atomic mass is 10.1. The number of pyridine rings is 1. The summed E-state index contributed by atoms with van der Waals surface area (Å²) in [7, 11) is 0. The summed E-state index contributed by atoms with van der Waals surface area (Å²) in [4.78, 5) is 16.8. The molecular weight excluding hydrogens is 372 g/mol. The second kappa shape index (κ2) is 7.60. The monoisotopic (exact) mass is 400 g/mol. The maximum atomic E-state index is 12.1. The molecule has 0 unspecified atom stereocenters. The molecule has 0 spiro atoms. The largest absolute Gasteiger partial charge is 0.460 e. The van der Waals surface area contributed by atoms with Crippen molar-refractivity contribution in [3.05, 3.63) is 77.0 Å². The van der Waals surface area contributed by atoms with Gasteiger partial charge in [-0.05, 0) is 75.1 Å². The number of esters is 1. The van der Waals surface area contributed by atoms with Crippen LogP contribution in [-0.2, 0) is 22.5 Å². The Balaban J connectivity index is 1.65. The maximum absolute atomic E-state index is 12.1. The molecule has 0 fully saturated rings. The van der Waals surface area contributed by atoms with E-state index in [0.29, 0.717) is 0 Å². The maximum Gasteiger partial charge on any atom is 0.310 e. The fourth-order valence-electron chi connectivity index (χ4n) is 4.08. The van der Waals surface area contributed by atoms with Crippen molar-refractivity contribution in [2.75, 3.05) is 0 Å². The van der Waals surface area contributed by atoms with Crippen molar-refractivity contribution in [1.29, 1.82) is 0 Å². The van der Waals surface area contributed by atoms with E-state index < -0.39 is 5.60 Å². The van der Waals surface area contributed by atoms with Gasteiger partial charge in [0.1, 0.15) is 11.2 Å². The third kappa shape index (κ3) is 4.09. The van der Waals surface area contributed by atoms with E-state index in [0.717, 1.165) is 17.8 Å². The van der Waals surface area contributed by atoms with Crippen LogP contribution in [-0.4, -0.2) is 21.1 Å². The lowest BCUT2D eigenvalue weighted by molar-refractivity contribution is -0.153. The van der Waals surface area contributed by atoms with Gasteiger partial charge in [-0.3, -0.25) is 4.79 Å². The van der Waals surface area contributed by atoms with Gasteiger partial charge in [-0.25, -0.2) is 4.98 Å². The molecule has 0 amide bonds. The average molecular weight is 401 g/mol. The van der Waals surface area contributed by atoms with Crippen molar-refractivity contribution < 1.29 is 9.53 Å². The van der Waals surface area contributed by atoms with E-state index in [9.17, 15) is 4.79 Å². The molecular formula is C26H28N2O2. The normalized spacial score (nSPS) is 11.9. The van der Waals surface area contributed by atoms with E-state index in [1.54, 1.807) is 0 Å². The Kier molecular flexibility index (Phi) is 5.10. The molecule has 4 rings (SSSR count). The van der Waals surface area contributed by atoms with Gasteiger partial charge >= 0.3 is 5.97 Å². The molecule has 30 heavy (non-hydrogen) atoms. The van der Waals surface area contributed by atoms with Crippen molar-refractivity contribution in [1.82, 2.24) is 9.55 Å². The Morgan fingerprint density at radius 3 is 2.43 bits per heavy atom. The van der Waals surface area contributed by atoms with E-state index >= 15 is 0 Å². The Morgan fingerprint density at radius 1 is 1.03 bits per heavy atom. The highest BCUT2D eigenvalue weighted by Crippen LogP contribution is 2.31. The van der Waals surface area contributed by atoms with Crippen LogP contribution in [0.4, 0.5) is 0 Å². The first-order valence-electron chi connectivity index (χ1n) is 10.3. The van der Waals surface area contributed by atoms with E-state index in [1.807, 2.05) is 45.2 Å². The summed E-state index contributed by atoms with van der Waals surface area (Å²) in [5, 5.41) is 2.46. The Labute approximate surface area is 177 Å². The molecule has 154 valence electrons. The second-order valence-electron chi connectivity index (χ2n) is 9.02. The van der Waals surface area contributed by atoms with E-state index in [2.05, 4.69) is 53.7 Å². The van der Waals surface area contributed by atoms with E-state index in [-0.39, 0.29) is 12.4 Å². The van der Waals surface area contributed by atoms with Crippen LogP contribution in [0.25, 0.3) is 21.9 Å². The number of aryl methyl sites for hydroxylation is 2. The topological polar surface area (TPSA) is 44.1 Å². The van der Waals surface area contributed by atoms with Gasteiger partial charge in [-0.1, -0.05) is 30.3 Å². The standard InChI is InChI=1S/C26H28N2O2/c1-17-13-18(2)24-21-7-6-12-27-25(21)28(22(24)14-17)16-20-10-8-19(9-11-20)15-23(29)30-26(3,4)5/h6-14H,15-16H2,1-5H3. The van der Waals surface area contributed by atoms with Gasteiger partial charge in [0, 0.05) is 23.5 Å². The zero-order valence-electron chi connectivity index (χ0n) is 18.3. The number of carbonyl (C=O) groups excluding carboxylic acids is 1. The van der Waals surface area contributed by atoms with Crippen LogP contribution >= 0.6 is 0 Å². The molecule has 0 bridgehead atoms. The lowest BCUT2D eigenvalue weighted by Crippen LogP contribution is -2.24. The Morgan fingerprint density at radius 2 is 1.73 bits per heavy atom. The first kappa shape index (κ1) is 20.1. The van der Waals surface area contributed by atoms with Gasteiger partial charge in [0.05, 0.1) is 11.9 Å². The molecule has 2 heterocycles. The number of aromatic nitrogens is 2. The molecule has 2 aromatic heterocycles. The summed E-state index contributed by atoms with van der Waals surface area (Å²) in [6.45, 7) is 10.7. The van der Waals surface area contributed by atoms with Gasteiger partial charge in [0.2, 0.25) is 0 Å². The molecule has 0 radical (unpaired) electrons. The molecule has 4 heteroatoms. The fraction of sp³-hybridized carbons (Fsp3) is 0.308. The summed E-state index contributed by atoms with van der Waals surface area (Å²) >= 11 is 0. The smallest absolute Gasteiger partial charge is 0.310 e. The number of fused-ring (bicyclic) bond motifs is 3. The van der Waals surface area contributed by atoms with Crippen molar-refractivity contribution in [3.8, 4) is 0 Å². The van der Waals surface area contributed by atoms with Crippen LogP contribution in [0.2, 0.25) is 0 Å². The predicted octanol–water partition coefficient (Wildman–Crippen LogP) is 5.74. The molecule has 0 aliphatic rings. The highest BCUT2D eigenvalue weighted by Gasteiger charge is 2.17. The number of hydrogen-bond donors (Lipinski definition) is 0. The van der Waals surface area contributed by atoms with Gasteiger partial charge in [-0.15, -0.1) is 0 Å². The third-order valence-corrected chi connectivity index (χ3v) is 5.19. The molecule has 0 N–H and O–H groups in total. The van der Waals surface area contributed by atoms with Crippen molar-refractivity contribution in [2.45, 2.75) is 53.2 Å².